The average molecular weight is 1040 g/mol. The Labute approximate surface area is 464 Å². The van der Waals surface area contributed by atoms with Crippen molar-refractivity contribution in [3.8, 4) is 0 Å². The van der Waals surface area contributed by atoms with E-state index in [2.05, 4.69) is 118 Å². The van der Waals surface area contributed by atoms with Crippen LogP contribution in [0.25, 0.3) is 0 Å². The van der Waals surface area contributed by atoms with Gasteiger partial charge in [-0.25, -0.2) is 0 Å². The Hall–Kier alpha value is -3.67. The van der Waals surface area contributed by atoms with Crippen molar-refractivity contribution in [1.82, 2.24) is 0 Å². The van der Waals surface area contributed by atoms with Gasteiger partial charge in [0.25, 0.3) is 0 Å². The summed E-state index contributed by atoms with van der Waals surface area (Å²) >= 11 is 0. The van der Waals surface area contributed by atoms with Crippen LogP contribution in [0.15, 0.2) is 97.2 Å². The van der Waals surface area contributed by atoms with Gasteiger partial charge in [0.2, 0.25) is 0 Å². The van der Waals surface area contributed by atoms with E-state index in [1.54, 1.807) is 0 Å². The normalized spacial score (nSPS) is 12.7. The van der Waals surface area contributed by atoms with Crippen LogP contribution in [0.4, 0.5) is 0 Å². The molecule has 0 aliphatic heterocycles. The highest BCUT2D eigenvalue weighted by atomic mass is 16.6. The number of hydrogen-bond donors (Lipinski definition) is 0. The zero-order valence-electron chi connectivity index (χ0n) is 49.3. The van der Waals surface area contributed by atoms with Crippen LogP contribution in [0.5, 0.6) is 0 Å². The molecule has 0 spiro atoms. The first kappa shape index (κ1) is 71.3. The fourth-order valence-electron chi connectivity index (χ4n) is 8.79. The fourth-order valence-corrected chi connectivity index (χ4v) is 8.79. The molecular weight excluding hydrogens is 925 g/mol. The minimum absolute atomic E-state index is 0.0871. The molecule has 0 bridgehead atoms. The summed E-state index contributed by atoms with van der Waals surface area (Å²) < 4.78 is 16.9. The summed E-state index contributed by atoms with van der Waals surface area (Å²) in [4.78, 5) is 38.3. The van der Waals surface area contributed by atoms with Gasteiger partial charge in [0.15, 0.2) is 6.10 Å². The molecule has 1 unspecified atom stereocenters. The molecule has 0 aromatic heterocycles. The summed E-state index contributed by atoms with van der Waals surface area (Å²) in [6.07, 6.45) is 84.0. The number of esters is 3. The zero-order valence-corrected chi connectivity index (χ0v) is 49.3. The van der Waals surface area contributed by atoms with Crippen molar-refractivity contribution in [1.29, 1.82) is 0 Å². The Morgan fingerprint density at radius 3 is 0.840 bits per heavy atom. The number of allylic oxidation sites excluding steroid dienone is 16. The number of hydrogen-bond acceptors (Lipinski definition) is 6. The van der Waals surface area contributed by atoms with Crippen molar-refractivity contribution in [2.24, 2.45) is 0 Å². The second kappa shape index (κ2) is 62.9. The zero-order chi connectivity index (χ0) is 54.3. The second-order valence-corrected chi connectivity index (χ2v) is 20.9. The van der Waals surface area contributed by atoms with E-state index in [-0.39, 0.29) is 31.1 Å². The summed E-state index contributed by atoms with van der Waals surface area (Å²) in [6, 6.07) is 0. The molecular formula is C69H118O6. The maximum atomic E-state index is 12.9. The Bertz CT molecular complexity index is 1480. The molecule has 75 heavy (non-hydrogen) atoms. The van der Waals surface area contributed by atoms with Crippen molar-refractivity contribution in [3.63, 3.8) is 0 Å². The van der Waals surface area contributed by atoms with Crippen molar-refractivity contribution in [2.75, 3.05) is 13.2 Å². The van der Waals surface area contributed by atoms with Gasteiger partial charge in [-0.3, -0.25) is 14.4 Å². The minimum atomic E-state index is -0.791. The summed E-state index contributed by atoms with van der Waals surface area (Å²) in [5.41, 5.74) is 0. The third-order valence-electron chi connectivity index (χ3n) is 13.5. The molecule has 0 saturated heterocycles. The molecule has 0 aromatic carbocycles. The molecule has 0 aliphatic rings. The van der Waals surface area contributed by atoms with Crippen LogP contribution < -0.4 is 0 Å². The molecule has 0 aromatic rings. The average Bonchev–Trinajstić information content (AvgIpc) is 3.41. The van der Waals surface area contributed by atoms with Crippen molar-refractivity contribution >= 4 is 17.9 Å². The first-order valence-electron chi connectivity index (χ1n) is 31.7. The lowest BCUT2D eigenvalue weighted by Gasteiger charge is -2.18. The number of carbonyl (C=O) groups excluding carboxylic acids is 3. The Morgan fingerprint density at radius 1 is 0.280 bits per heavy atom. The number of carbonyl (C=O) groups is 3. The molecule has 430 valence electrons. The van der Waals surface area contributed by atoms with E-state index >= 15 is 0 Å². The van der Waals surface area contributed by atoms with E-state index in [0.29, 0.717) is 19.3 Å². The largest absolute Gasteiger partial charge is 0.462 e. The molecule has 6 heteroatoms. The van der Waals surface area contributed by atoms with E-state index in [4.69, 9.17) is 14.2 Å². The Morgan fingerprint density at radius 2 is 0.520 bits per heavy atom. The van der Waals surface area contributed by atoms with Crippen LogP contribution in [0, 0.1) is 0 Å². The first-order chi connectivity index (χ1) is 37.0. The monoisotopic (exact) mass is 1040 g/mol. The maximum Gasteiger partial charge on any atom is 0.306 e. The van der Waals surface area contributed by atoms with Crippen LogP contribution in [0.1, 0.15) is 303 Å². The van der Waals surface area contributed by atoms with Gasteiger partial charge in [-0.15, -0.1) is 0 Å². The quantitative estimate of drug-likeness (QED) is 0.0261. The van der Waals surface area contributed by atoms with Gasteiger partial charge in [-0.05, 0) is 122 Å². The predicted octanol–water partition coefficient (Wildman–Crippen LogP) is 21.7. The smallest absolute Gasteiger partial charge is 0.306 e. The van der Waals surface area contributed by atoms with Gasteiger partial charge in [0, 0.05) is 19.3 Å². The lowest BCUT2D eigenvalue weighted by atomic mass is 10.1. The molecule has 1 atom stereocenters. The van der Waals surface area contributed by atoms with E-state index in [1.165, 1.54) is 148 Å². The minimum Gasteiger partial charge on any atom is -0.462 e. The molecule has 0 amide bonds. The molecule has 0 fully saturated rings. The van der Waals surface area contributed by atoms with E-state index < -0.39 is 6.10 Å². The summed E-state index contributed by atoms with van der Waals surface area (Å²) in [7, 11) is 0. The van der Waals surface area contributed by atoms with Gasteiger partial charge in [-0.2, -0.15) is 0 Å². The first-order valence-corrected chi connectivity index (χ1v) is 31.7. The Kier molecular flexibility index (Phi) is 59.8. The van der Waals surface area contributed by atoms with Crippen LogP contribution in [-0.2, 0) is 28.6 Å². The highest BCUT2D eigenvalue weighted by molar-refractivity contribution is 5.71. The van der Waals surface area contributed by atoms with E-state index in [9.17, 15) is 14.4 Å². The molecule has 0 heterocycles. The highest BCUT2D eigenvalue weighted by Gasteiger charge is 2.19. The lowest BCUT2D eigenvalue weighted by Crippen LogP contribution is -2.30. The lowest BCUT2D eigenvalue weighted by molar-refractivity contribution is -0.167. The van der Waals surface area contributed by atoms with Crippen molar-refractivity contribution in [3.05, 3.63) is 97.2 Å². The Balaban J connectivity index is 4.37. The van der Waals surface area contributed by atoms with E-state index in [1.807, 2.05) is 0 Å². The highest BCUT2D eigenvalue weighted by Crippen LogP contribution is 2.15. The molecule has 6 nitrogen and oxygen atoms in total. The number of ether oxygens (including phenoxy) is 3. The summed E-state index contributed by atoms with van der Waals surface area (Å²) in [5.74, 6) is -0.902. The van der Waals surface area contributed by atoms with Crippen LogP contribution in [0.2, 0.25) is 0 Å². The van der Waals surface area contributed by atoms with Crippen LogP contribution >= 0.6 is 0 Å². The molecule has 0 rings (SSSR count). The third kappa shape index (κ3) is 61.1. The molecule has 0 radical (unpaired) electrons. The van der Waals surface area contributed by atoms with Crippen molar-refractivity contribution in [2.45, 2.75) is 309 Å². The van der Waals surface area contributed by atoms with Gasteiger partial charge in [0.05, 0.1) is 0 Å². The standard InChI is InChI=1S/C69H118O6/c1-4-7-10-13-16-19-22-25-27-29-31-33-34-36-37-39-41-44-47-50-53-56-59-62-68(71)74-65-66(64-73-67(70)61-58-55-52-49-46-43-24-21-18-15-12-9-6-3)75-69(72)63-60-57-54-51-48-45-42-40-38-35-32-30-28-26-23-20-17-14-11-8-5-2/h8,11,17,20-22,24-26,28-29,31-32,34-36,66H,4-7,9-10,12-16,18-19,23,27,30,33,37-65H2,1-3H3/b11-8-,20-17-,24-21-,25-22-,28-26-,31-29-,35-32-,36-34-. The SMILES string of the molecule is CC/C=C\C/C=C\C/C=C\C/C=C\CCCCCCCCCCC(=O)OC(COC(=O)CCCCCCC/C=C\CCCCCC)COC(=O)CCCCCCCCCC/C=C\C/C=C\C/C=C\CCCCCCC. The van der Waals surface area contributed by atoms with Gasteiger partial charge in [-0.1, -0.05) is 259 Å². The predicted molar refractivity (Wildman–Crippen MR) is 325 cm³/mol. The van der Waals surface area contributed by atoms with Gasteiger partial charge >= 0.3 is 17.9 Å². The van der Waals surface area contributed by atoms with Crippen LogP contribution in [0.3, 0.4) is 0 Å². The van der Waals surface area contributed by atoms with Crippen LogP contribution in [-0.4, -0.2) is 37.2 Å². The van der Waals surface area contributed by atoms with Crippen molar-refractivity contribution < 1.29 is 28.6 Å². The summed E-state index contributed by atoms with van der Waals surface area (Å²) in [6.45, 7) is 6.50. The summed E-state index contributed by atoms with van der Waals surface area (Å²) in [5, 5.41) is 0. The van der Waals surface area contributed by atoms with Gasteiger partial charge in [0.1, 0.15) is 13.2 Å². The fraction of sp³-hybridized carbons (Fsp3) is 0.725. The second-order valence-electron chi connectivity index (χ2n) is 20.9. The topological polar surface area (TPSA) is 78.9 Å². The number of rotatable bonds is 57. The third-order valence-corrected chi connectivity index (χ3v) is 13.5. The van der Waals surface area contributed by atoms with Gasteiger partial charge < -0.3 is 14.2 Å². The molecule has 0 N–H and O–H groups in total. The molecule has 0 saturated carbocycles. The number of unbranched alkanes of at least 4 members (excludes halogenated alkanes) is 30. The molecule has 0 aliphatic carbocycles. The van der Waals surface area contributed by atoms with E-state index in [0.717, 1.165) is 116 Å². The maximum absolute atomic E-state index is 12.9.